The molecule has 0 radical (unpaired) electrons. The highest BCUT2D eigenvalue weighted by molar-refractivity contribution is 5.89. The number of esters is 2. The van der Waals surface area contributed by atoms with E-state index in [-0.39, 0.29) is 11.9 Å². The molecule has 0 bridgehead atoms. The second-order valence-electron chi connectivity index (χ2n) is 4.95. The minimum atomic E-state index is -0.438. The first-order chi connectivity index (χ1) is 11.1. The van der Waals surface area contributed by atoms with Gasteiger partial charge in [-0.2, -0.15) is 0 Å². The quantitative estimate of drug-likeness (QED) is 0.458. The number of benzene rings is 2. The summed E-state index contributed by atoms with van der Waals surface area (Å²) in [7, 11) is 0. The van der Waals surface area contributed by atoms with E-state index in [2.05, 4.69) is 6.58 Å². The molecule has 0 saturated heterocycles. The van der Waals surface area contributed by atoms with Crippen molar-refractivity contribution < 1.29 is 19.1 Å². The molecule has 0 spiro atoms. The molecular weight excluding hydrogens is 292 g/mol. The molecule has 118 valence electrons. The summed E-state index contributed by atoms with van der Waals surface area (Å²) in [5, 5.41) is 0. The van der Waals surface area contributed by atoms with Gasteiger partial charge in [-0.15, -0.1) is 6.58 Å². The summed E-state index contributed by atoms with van der Waals surface area (Å²) in [6, 6.07) is 15.7. The Hall–Kier alpha value is -2.88. The van der Waals surface area contributed by atoms with Crippen molar-refractivity contribution in [2.45, 2.75) is 19.4 Å². The van der Waals surface area contributed by atoms with Gasteiger partial charge in [0.15, 0.2) is 0 Å². The maximum absolute atomic E-state index is 12.2. The minimum Gasteiger partial charge on any atom is -0.454 e. The summed E-state index contributed by atoms with van der Waals surface area (Å²) in [6.07, 6.45) is 1.75. The predicted octanol–water partition coefficient (Wildman–Crippen LogP) is 4.09. The first-order valence-electron chi connectivity index (χ1n) is 7.25. The molecular formula is C19H18O4. The largest absolute Gasteiger partial charge is 0.454 e. The van der Waals surface area contributed by atoms with E-state index in [1.807, 2.05) is 6.07 Å². The van der Waals surface area contributed by atoms with Gasteiger partial charge in [0, 0.05) is 13.3 Å². The van der Waals surface area contributed by atoms with E-state index < -0.39 is 6.10 Å². The number of ether oxygens (including phenoxy) is 2. The molecule has 2 rings (SSSR count). The number of rotatable bonds is 6. The van der Waals surface area contributed by atoms with Gasteiger partial charge in [-0.25, -0.2) is 4.79 Å². The molecule has 23 heavy (non-hydrogen) atoms. The minimum absolute atomic E-state index is 0.379. The topological polar surface area (TPSA) is 52.6 Å². The molecule has 0 aliphatic carbocycles. The van der Waals surface area contributed by atoms with Crippen LogP contribution in [-0.4, -0.2) is 11.9 Å². The monoisotopic (exact) mass is 310 g/mol. The van der Waals surface area contributed by atoms with Gasteiger partial charge in [0.25, 0.3) is 0 Å². The zero-order chi connectivity index (χ0) is 16.7. The summed E-state index contributed by atoms with van der Waals surface area (Å²) in [5.41, 5.74) is 1.31. The van der Waals surface area contributed by atoms with E-state index in [0.29, 0.717) is 17.7 Å². The second-order valence-corrected chi connectivity index (χ2v) is 4.95. The summed E-state index contributed by atoms with van der Waals surface area (Å²) >= 11 is 0. The van der Waals surface area contributed by atoms with E-state index in [9.17, 15) is 9.59 Å². The lowest BCUT2D eigenvalue weighted by Gasteiger charge is -2.17. The molecule has 0 aliphatic heterocycles. The van der Waals surface area contributed by atoms with E-state index >= 15 is 0 Å². The lowest BCUT2D eigenvalue weighted by atomic mass is 10.1. The molecule has 4 heteroatoms. The van der Waals surface area contributed by atoms with E-state index in [4.69, 9.17) is 9.47 Å². The van der Waals surface area contributed by atoms with Crippen molar-refractivity contribution in [2.75, 3.05) is 0 Å². The lowest BCUT2D eigenvalue weighted by Crippen LogP contribution is -2.11. The molecule has 0 aromatic heterocycles. The van der Waals surface area contributed by atoms with Gasteiger partial charge in [0.2, 0.25) is 0 Å². The molecule has 0 aliphatic rings. The van der Waals surface area contributed by atoms with Crippen LogP contribution in [0.25, 0.3) is 0 Å². The van der Waals surface area contributed by atoms with Crippen molar-refractivity contribution in [1.29, 1.82) is 0 Å². The Labute approximate surface area is 135 Å². The van der Waals surface area contributed by atoms with Crippen LogP contribution in [0, 0.1) is 0 Å². The van der Waals surface area contributed by atoms with Crippen LogP contribution in [0.4, 0.5) is 0 Å². The second kappa shape index (κ2) is 7.94. The molecule has 0 heterocycles. The molecule has 0 N–H and O–H groups in total. The number of carbonyl (C=O) groups is 2. The highest BCUT2D eigenvalue weighted by atomic mass is 16.5. The zero-order valence-corrected chi connectivity index (χ0v) is 12.9. The third kappa shape index (κ3) is 4.81. The number of hydrogen-bond acceptors (Lipinski definition) is 4. The van der Waals surface area contributed by atoms with Crippen molar-refractivity contribution in [2.24, 2.45) is 0 Å². The van der Waals surface area contributed by atoms with Gasteiger partial charge in [-0.05, 0) is 29.8 Å². The van der Waals surface area contributed by atoms with Crippen LogP contribution < -0.4 is 4.74 Å². The summed E-state index contributed by atoms with van der Waals surface area (Å²) in [5.74, 6) is -0.314. The average molecular weight is 310 g/mol. The molecule has 4 nitrogen and oxygen atoms in total. The summed E-state index contributed by atoms with van der Waals surface area (Å²) in [6.45, 7) is 5.05. The van der Waals surface area contributed by atoms with E-state index in [1.165, 1.54) is 6.92 Å². The molecule has 2 aromatic carbocycles. The molecule has 0 fully saturated rings. The maximum atomic E-state index is 12.2. The Morgan fingerprint density at radius 3 is 2.30 bits per heavy atom. The fourth-order valence-electron chi connectivity index (χ4n) is 2.09. The van der Waals surface area contributed by atoms with Gasteiger partial charge in [-0.3, -0.25) is 4.79 Å². The van der Waals surface area contributed by atoms with Crippen LogP contribution in [0.2, 0.25) is 0 Å². The third-order valence-electron chi connectivity index (χ3n) is 3.15. The lowest BCUT2D eigenvalue weighted by molar-refractivity contribution is -0.131. The smallest absolute Gasteiger partial charge is 0.338 e. The van der Waals surface area contributed by atoms with Gasteiger partial charge >= 0.3 is 11.9 Å². The zero-order valence-electron chi connectivity index (χ0n) is 12.9. The first-order valence-corrected chi connectivity index (χ1v) is 7.25. The van der Waals surface area contributed by atoms with Crippen molar-refractivity contribution in [1.82, 2.24) is 0 Å². The van der Waals surface area contributed by atoms with Crippen molar-refractivity contribution in [3.05, 3.63) is 78.4 Å². The molecule has 0 amide bonds. The Kier molecular flexibility index (Phi) is 5.69. The van der Waals surface area contributed by atoms with Gasteiger partial charge in [0.05, 0.1) is 5.56 Å². The molecule has 1 unspecified atom stereocenters. The third-order valence-corrected chi connectivity index (χ3v) is 3.15. The Bertz CT molecular complexity index is 674. The molecule has 2 aromatic rings. The standard InChI is InChI=1S/C19H18O4/c1-3-7-18(23-19(21)16-8-5-4-6-9-16)15-10-12-17(13-11-15)22-14(2)20/h3-6,8-13,18H,1,7H2,2H3. The van der Waals surface area contributed by atoms with Crippen LogP contribution >= 0.6 is 0 Å². The van der Waals surface area contributed by atoms with Gasteiger partial charge < -0.3 is 9.47 Å². The van der Waals surface area contributed by atoms with E-state index in [0.717, 1.165) is 5.56 Å². The van der Waals surface area contributed by atoms with Crippen LogP contribution in [-0.2, 0) is 9.53 Å². The first kappa shape index (κ1) is 16.5. The Morgan fingerprint density at radius 1 is 1.09 bits per heavy atom. The van der Waals surface area contributed by atoms with Gasteiger partial charge in [0.1, 0.15) is 11.9 Å². The summed E-state index contributed by atoms with van der Waals surface area (Å²) < 4.78 is 10.6. The highest BCUT2D eigenvalue weighted by Gasteiger charge is 2.17. The average Bonchev–Trinajstić information content (AvgIpc) is 2.55. The fraction of sp³-hybridized carbons (Fsp3) is 0.158. The highest BCUT2D eigenvalue weighted by Crippen LogP contribution is 2.25. The van der Waals surface area contributed by atoms with Crippen molar-refractivity contribution in [3.8, 4) is 5.75 Å². The van der Waals surface area contributed by atoms with Crippen LogP contribution in [0.3, 0.4) is 0 Å². The van der Waals surface area contributed by atoms with Crippen LogP contribution in [0.1, 0.15) is 35.4 Å². The molecule has 0 saturated carbocycles. The molecule has 1 atom stereocenters. The SMILES string of the molecule is C=CCC(OC(=O)c1ccccc1)c1ccc(OC(C)=O)cc1. The number of carbonyl (C=O) groups excluding carboxylic acids is 2. The normalized spacial score (nSPS) is 11.3. The number of hydrogen-bond donors (Lipinski definition) is 0. The van der Waals surface area contributed by atoms with Crippen LogP contribution in [0.15, 0.2) is 67.3 Å². The summed E-state index contributed by atoms with van der Waals surface area (Å²) in [4.78, 5) is 23.1. The van der Waals surface area contributed by atoms with Gasteiger partial charge in [-0.1, -0.05) is 36.4 Å². The Morgan fingerprint density at radius 2 is 1.74 bits per heavy atom. The maximum Gasteiger partial charge on any atom is 0.338 e. The predicted molar refractivity (Wildman–Crippen MR) is 87.2 cm³/mol. The Balaban J connectivity index is 2.13. The van der Waals surface area contributed by atoms with E-state index in [1.54, 1.807) is 54.6 Å². The van der Waals surface area contributed by atoms with Crippen molar-refractivity contribution in [3.63, 3.8) is 0 Å². The van der Waals surface area contributed by atoms with Crippen LogP contribution in [0.5, 0.6) is 5.75 Å². The van der Waals surface area contributed by atoms with Crippen molar-refractivity contribution >= 4 is 11.9 Å². The fourth-order valence-corrected chi connectivity index (χ4v) is 2.09.